The SMILES string of the molecule is CCCCCCCCOc1ccc(C=NNC(=O)c2ccc(CCCC)cc2)cc1OC. The Morgan fingerprint density at radius 3 is 2.34 bits per heavy atom. The summed E-state index contributed by atoms with van der Waals surface area (Å²) in [5.41, 5.74) is 5.25. The van der Waals surface area contributed by atoms with Gasteiger partial charge >= 0.3 is 0 Å². The number of hydrogen-bond donors (Lipinski definition) is 1. The Bertz CT molecular complexity index is 831. The number of unbranched alkanes of at least 4 members (excludes halogenated alkanes) is 6. The average molecular weight is 439 g/mol. The largest absolute Gasteiger partial charge is 0.493 e. The highest BCUT2D eigenvalue weighted by atomic mass is 16.5. The summed E-state index contributed by atoms with van der Waals surface area (Å²) in [4.78, 5) is 12.3. The molecule has 5 nitrogen and oxygen atoms in total. The summed E-state index contributed by atoms with van der Waals surface area (Å²) in [7, 11) is 1.62. The van der Waals surface area contributed by atoms with Crippen molar-refractivity contribution in [3.8, 4) is 11.5 Å². The lowest BCUT2D eigenvalue weighted by molar-refractivity contribution is 0.0955. The van der Waals surface area contributed by atoms with Gasteiger partial charge in [0.25, 0.3) is 5.91 Å². The Hall–Kier alpha value is -2.82. The van der Waals surface area contributed by atoms with Crippen LogP contribution in [0.1, 0.15) is 86.7 Å². The Morgan fingerprint density at radius 2 is 1.62 bits per heavy atom. The highest BCUT2D eigenvalue weighted by Gasteiger charge is 2.06. The van der Waals surface area contributed by atoms with Crippen molar-refractivity contribution in [1.29, 1.82) is 0 Å². The molecule has 5 heteroatoms. The number of amides is 1. The molecular weight excluding hydrogens is 400 g/mol. The molecule has 174 valence electrons. The zero-order chi connectivity index (χ0) is 23.0. The molecule has 0 aromatic heterocycles. The summed E-state index contributed by atoms with van der Waals surface area (Å²) in [5, 5.41) is 4.09. The van der Waals surface area contributed by atoms with E-state index in [1.807, 2.05) is 42.5 Å². The van der Waals surface area contributed by atoms with Crippen LogP contribution in [0.15, 0.2) is 47.6 Å². The third kappa shape index (κ3) is 9.13. The van der Waals surface area contributed by atoms with Crippen molar-refractivity contribution in [1.82, 2.24) is 5.43 Å². The Kier molecular flexibility index (Phi) is 12.0. The first-order valence-electron chi connectivity index (χ1n) is 11.9. The Labute approximate surface area is 193 Å². The van der Waals surface area contributed by atoms with Gasteiger partial charge in [0.05, 0.1) is 19.9 Å². The van der Waals surface area contributed by atoms with Gasteiger partial charge in [0, 0.05) is 5.56 Å². The van der Waals surface area contributed by atoms with Crippen LogP contribution in [0.3, 0.4) is 0 Å². The second-order valence-electron chi connectivity index (χ2n) is 8.03. The molecule has 0 saturated heterocycles. The number of hydrogen-bond acceptors (Lipinski definition) is 4. The van der Waals surface area contributed by atoms with Gasteiger partial charge in [0.2, 0.25) is 0 Å². The molecule has 0 aliphatic heterocycles. The van der Waals surface area contributed by atoms with Crippen molar-refractivity contribution in [3.05, 3.63) is 59.2 Å². The van der Waals surface area contributed by atoms with Crippen LogP contribution in [0.4, 0.5) is 0 Å². The molecular formula is C27H38N2O3. The van der Waals surface area contributed by atoms with Gasteiger partial charge in [-0.1, -0.05) is 64.5 Å². The quantitative estimate of drug-likeness (QED) is 0.195. The van der Waals surface area contributed by atoms with Crippen molar-refractivity contribution < 1.29 is 14.3 Å². The number of hydrazone groups is 1. The number of rotatable bonds is 15. The molecule has 0 spiro atoms. The minimum Gasteiger partial charge on any atom is -0.493 e. The molecule has 0 unspecified atom stereocenters. The maximum absolute atomic E-state index is 12.3. The Morgan fingerprint density at radius 1 is 0.906 bits per heavy atom. The van der Waals surface area contributed by atoms with Gasteiger partial charge in [-0.25, -0.2) is 5.43 Å². The number of aryl methyl sites for hydroxylation is 1. The molecule has 1 amide bonds. The standard InChI is InChI=1S/C27H38N2O3/c1-4-6-8-9-10-11-19-32-25-18-15-23(20-26(25)31-3)21-28-29-27(30)24-16-13-22(14-17-24)12-7-5-2/h13-18,20-21H,4-12,19H2,1-3H3,(H,29,30). The topological polar surface area (TPSA) is 59.9 Å². The summed E-state index contributed by atoms with van der Waals surface area (Å²) in [6.45, 7) is 5.08. The van der Waals surface area contributed by atoms with Crippen LogP contribution < -0.4 is 14.9 Å². The van der Waals surface area contributed by atoms with E-state index in [9.17, 15) is 4.79 Å². The van der Waals surface area contributed by atoms with E-state index in [0.29, 0.717) is 17.9 Å². The highest BCUT2D eigenvalue weighted by molar-refractivity contribution is 5.94. The van der Waals surface area contributed by atoms with Gasteiger partial charge < -0.3 is 9.47 Å². The van der Waals surface area contributed by atoms with Crippen LogP contribution in [0.25, 0.3) is 0 Å². The molecule has 0 radical (unpaired) electrons. The van der Waals surface area contributed by atoms with E-state index in [0.717, 1.165) is 37.0 Å². The van der Waals surface area contributed by atoms with Crippen LogP contribution in [0, 0.1) is 0 Å². The van der Waals surface area contributed by atoms with E-state index in [4.69, 9.17) is 9.47 Å². The summed E-state index contributed by atoms with van der Waals surface area (Å²) in [6.07, 6.45) is 12.3. The maximum atomic E-state index is 12.3. The van der Waals surface area contributed by atoms with E-state index in [1.165, 1.54) is 37.7 Å². The van der Waals surface area contributed by atoms with Gasteiger partial charge in [-0.15, -0.1) is 0 Å². The lowest BCUT2D eigenvalue weighted by Crippen LogP contribution is -2.17. The third-order valence-electron chi connectivity index (χ3n) is 5.36. The number of ether oxygens (including phenoxy) is 2. The van der Waals surface area contributed by atoms with Crippen LogP contribution in [0.5, 0.6) is 11.5 Å². The zero-order valence-corrected chi connectivity index (χ0v) is 19.9. The minimum atomic E-state index is -0.228. The predicted molar refractivity (Wildman–Crippen MR) is 132 cm³/mol. The fourth-order valence-corrected chi connectivity index (χ4v) is 3.38. The van der Waals surface area contributed by atoms with Gasteiger partial charge in [-0.3, -0.25) is 4.79 Å². The van der Waals surface area contributed by atoms with Crippen molar-refractivity contribution in [2.75, 3.05) is 13.7 Å². The number of nitrogens with zero attached hydrogens (tertiary/aromatic N) is 1. The first-order valence-corrected chi connectivity index (χ1v) is 11.9. The van der Waals surface area contributed by atoms with E-state index in [2.05, 4.69) is 24.4 Å². The molecule has 2 rings (SSSR count). The van der Waals surface area contributed by atoms with Crippen molar-refractivity contribution in [3.63, 3.8) is 0 Å². The smallest absolute Gasteiger partial charge is 0.271 e. The predicted octanol–water partition coefficient (Wildman–Crippen LogP) is 6.54. The zero-order valence-electron chi connectivity index (χ0n) is 19.9. The lowest BCUT2D eigenvalue weighted by Gasteiger charge is -2.11. The van der Waals surface area contributed by atoms with Gasteiger partial charge in [0.15, 0.2) is 11.5 Å². The second-order valence-corrected chi connectivity index (χ2v) is 8.03. The average Bonchev–Trinajstić information content (AvgIpc) is 2.83. The minimum absolute atomic E-state index is 0.228. The van der Waals surface area contributed by atoms with Crippen LogP contribution in [-0.4, -0.2) is 25.8 Å². The highest BCUT2D eigenvalue weighted by Crippen LogP contribution is 2.27. The van der Waals surface area contributed by atoms with Crippen LogP contribution >= 0.6 is 0 Å². The monoisotopic (exact) mass is 438 g/mol. The summed E-state index contributed by atoms with van der Waals surface area (Å²) < 4.78 is 11.3. The summed E-state index contributed by atoms with van der Waals surface area (Å²) in [5.74, 6) is 1.16. The van der Waals surface area contributed by atoms with Crippen LogP contribution in [0.2, 0.25) is 0 Å². The molecule has 2 aromatic rings. The third-order valence-corrected chi connectivity index (χ3v) is 5.36. The normalized spacial score (nSPS) is 11.0. The molecule has 0 bridgehead atoms. The van der Waals surface area contributed by atoms with E-state index >= 15 is 0 Å². The fraction of sp³-hybridized carbons (Fsp3) is 0.481. The van der Waals surface area contributed by atoms with E-state index in [1.54, 1.807) is 13.3 Å². The molecule has 2 aromatic carbocycles. The first-order chi connectivity index (χ1) is 15.7. The molecule has 0 aliphatic carbocycles. The van der Waals surface area contributed by atoms with Gasteiger partial charge in [-0.2, -0.15) is 5.10 Å². The Balaban J connectivity index is 1.82. The molecule has 0 aliphatic rings. The van der Waals surface area contributed by atoms with E-state index in [-0.39, 0.29) is 5.91 Å². The maximum Gasteiger partial charge on any atom is 0.271 e. The van der Waals surface area contributed by atoms with Gasteiger partial charge in [0.1, 0.15) is 0 Å². The lowest BCUT2D eigenvalue weighted by atomic mass is 10.1. The molecule has 0 heterocycles. The summed E-state index contributed by atoms with van der Waals surface area (Å²) in [6, 6.07) is 13.3. The van der Waals surface area contributed by atoms with Gasteiger partial charge in [-0.05, 0) is 60.7 Å². The number of benzene rings is 2. The molecule has 1 N–H and O–H groups in total. The van der Waals surface area contributed by atoms with Crippen molar-refractivity contribution in [2.45, 2.75) is 71.6 Å². The second kappa shape index (κ2) is 15.1. The van der Waals surface area contributed by atoms with Crippen molar-refractivity contribution in [2.24, 2.45) is 5.10 Å². The molecule has 0 fully saturated rings. The van der Waals surface area contributed by atoms with Crippen LogP contribution in [-0.2, 0) is 6.42 Å². The summed E-state index contributed by atoms with van der Waals surface area (Å²) >= 11 is 0. The first kappa shape index (κ1) is 25.4. The molecule has 0 atom stereocenters. The molecule has 0 saturated carbocycles. The fourth-order valence-electron chi connectivity index (χ4n) is 3.38. The molecule has 32 heavy (non-hydrogen) atoms. The van der Waals surface area contributed by atoms with E-state index < -0.39 is 0 Å². The number of carbonyl (C=O) groups excluding carboxylic acids is 1. The number of carbonyl (C=O) groups is 1. The number of nitrogens with one attached hydrogen (secondary N) is 1. The number of methoxy groups -OCH3 is 1. The van der Waals surface area contributed by atoms with Crippen molar-refractivity contribution >= 4 is 12.1 Å².